The highest BCUT2D eigenvalue weighted by Crippen LogP contribution is 2.34. The summed E-state index contributed by atoms with van der Waals surface area (Å²) in [7, 11) is 0. The Morgan fingerprint density at radius 3 is 1.47 bits per heavy atom. The van der Waals surface area contributed by atoms with Crippen molar-refractivity contribution >= 4 is 69.7 Å². The summed E-state index contributed by atoms with van der Waals surface area (Å²) < 4.78 is 0. The van der Waals surface area contributed by atoms with Crippen LogP contribution in [0.2, 0.25) is 0 Å². The number of benzene rings is 1. The standard InChI is InChI=1S/C30H26S4/c1-30(2,3)23-19-21(8-10-24-12-14-28(33-24)26-6-4-16-31-26)18-22(20-23)9-11-25-13-15-29(34-25)27-7-5-17-32-27/h4-20H,1-3H3/b10-8+,11-9+. The summed E-state index contributed by atoms with van der Waals surface area (Å²) in [5, 5.41) is 4.27. The van der Waals surface area contributed by atoms with Crippen LogP contribution < -0.4 is 0 Å². The van der Waals surface area contributed by atoms with Gasteiger partial charge in [0.15, 0.2) is 0 Å². The molecule has 4 aromatic heterocycles. The van der Waals surface area contributed by atoms with Crippen LogP contribution in [0.25, 0.3) is 43.8 Å². The van der Waals surface area contributed by atoms with Gasteiger partial charge in [-0.1, -0.05) is 57.2 Å². The third-order valence-electron chi connectivity index (χ3n) is 5.51. The molecule has 0 aliphatic rings. The van der Waals surface area contributed by atoms with E-state index in [4.69, 9.17) is 0 Å². The molecule has 1 aromatic carbocycles. The molecule has 0 atom stereocenters. The Bertz CT molecular complexity index is 1310. The molecule has 0 nitrogen and oxygen atoms in total. The predicted molar refractivity (Wildman–Crippen MR) is 158 cm³/mol. The monoisotopic (exact) mass is 514 g/mol. The van der Waals surface area contributed by atoms with Crippen LogP contribution in [0.5, 0.6) is 0 Å². The van der Waals surface area contributed by atoms with Crippen molar-refractivity contribution in [2.75, 3.05) is 0 Å². The summed E-state index contributed by atoms with van der Waals surface area (Å²) in [6.07, 6.45) is 8.97. The molecule has 0 saturated heterocycles. The maximum absolute atomic E-state index is 2.32. The van der Waals surface area contributed by atoms with E-state index in [2.05, 4.69) is 123 Å². The molecule has 170 valence electrons. The van der Waals surface area contributed by atoms with E-state index in [1.807, 2.05) is 22.7 Å². The molecular formula is C30H26S4. The third-order valence-corrected chi connectivity index (χ3v) is 9.74. The van der Waals surface area contributed by atoms with Crippen molar-refractivity contribution in [2.45, 2.75) is 26.2 Å². The molecule has 34 heavy (non-hydrogen) atoms. The Morgan fingerprint density at radius 2 is 1.06 bits per heavy atom. The molecule has 5 aromatic rings. The van der Waals surface area contributed by atoms with Crippen molar-refractivity contribution in [3.63, 3.8) is 0 Å². The minimum Gasteiger partial charge on any atom is -0.143 e. The second kappa shape index (κ2) is 10.0. The van der Waals surface area contributed by atoms with Crippen molar-refractivity contribution in [1.82, 2.24) is 0 Å². The molecule has 4 heteroatoms. The Morgan fingerprint density at radius 1 is 0.559 bits per heavy atom. The Kier molecular flexibility index (Phi) is 6.84. The van der Waals surface area contributed by atoms with Crippen molar-refractivity contribution in [1.29, 1.82) is 0 Å². The van der Waals surface area contributed by atoms with Gasteiger partial charge >= 0.3 is 0 Å². The van der Waals surface area contributed by atoms with Crippen LogP contribution in [-0.2, 0) is 5.41 Å². The van der Waals surface area contributed by atoms with Gasteiger partial charge in [-0.25, -0.2) is 0 Å². The molecule has 0 fully saturated rings. The fourth-order valence-electron chi connectivity index (χ4n) is 3.65. The summed E-state index contributed by atoms with van der Waals surface area (Å²) in [5.74, 6) is 0. The van der Waals surface area contributed by atoms with Crippen LogP contribution in [0.1, 0.15) is 47.2 Å². The second-order valence-corrected chi connectivity index (χ2v) is 13.3. The summed E-state index contributed by atoms with van der Waals surface area (Å²) in [6.45, 7) is 6.84. The van der Waals surface area contributed by atoms with E-state index in [9.17, 15) is 0 Å². The van der Waals surface area contributed by atoms with E-state index in [1.165, 1.54) is 46.0 Å². The smallest absolute Gasteiger partial charge is 0.0448 e. The largest absolute Gasteiger partial charge is 0.143 e. The Balaban J connectivity index is 1.40. The molecule has 0 bridgehead atoms. The number of hydrogen-bond acceptors (Lipinski definition) is 4. The summed E-state index contributed by atoms with van der Waals surface area (Å²) >= 11 is 7.28. The van der Waals surface area contributed by atoms with E-state index in [0.29, 0.717) is 0 Å². The van der Waals surface area contributed by atoms with Gasteiger partial charge in [0.1, 0.15) is 0 Å². The second-order valence-electron chi connectivity index (χ2n) is 9.16. The van der Waals surface area contributed by atoms with Gasteiger partial charge in [-0.05, 0) is 87.5 Å². The van der Waals surface area contributed by atoms with Crippen molar-refractivity contribution in [3.05, 3.63) is 104 Å². The van der Waals surface area contributed by atoms with Gasteiger partial charge in [-0.3, -0.25) is 0 Å². The van der Waals surface area contributed by atoms with Gasteiger partial charge in [0.2, 0.25) is 0 Å². The number of rotatable bonds is 6. The van der Waals surface area contributed by atoms with Gasteiger partial charge in [-0.2, -0.15) is 0 Å². The third kappa shape index (κ3) is 5.59. The van der Waals surface area contributed by atoms with Gasteiger partial charge in [0, 0.05) is 29.3 Å². The van der Waals surface area contributed by atoms with Gasteiger partial charge < -0.3 is 0 Å². The molecule has 5 rings (SSSR count). The molecule has 4 heterocycles. The Hall–Kier alpha value is -2.50. The van der Waals surface area contributed by atoms with E-state index < -0.39 is 0 Å². The van der Waals surface area contributed by atoms with E-state index in [-0.39, 0.29) is 5.41 Å². The van der Waals surface area contributed by atoms with Crippen LogP contribution >= 0.6 is 45.3 Å². The lowest BCUT2D eigenvalue weighted by Crippen LogP contribution is -2.11. The summed E-state index contributed by atoms with van der Waals surface area (Å²) in [6, 6.07) is 24.4. The highest BCUT2D eigenvalue weighted by molar-refractivity contribution is 7.22. The first-order valence-corrected chi connectivity index (χ1v) is 14.6. The molecule has 0 unspecified atom stereocenters. The normalized spacial score (nSPS) is 12.3. The quantitative estimate of drug-likeness (QED) is 0.211. The maximum Gasteiger partial charge on any atom is 0.0448 e. The first kappa shape index (κ1) is 23.3. The van der Waals surface area contributed by atoms with Gasteiger partial charge in [-0.15, -0.1) is 45.3 Å². The maximum atomic E-state index is 2.32. The number of hydrogen-bond donors (Lipinski definition) is 0. The average molecular weight is 515 g/mol. The lowest BCUT2D eigenvalue weighted by molar-refractivity contribution is 0.590. The Labute approximate surface area is 218 Å². The molecule has 0 N–H and O–H groups in total. The van der Waals surface area contributed by atoms with Crippen molar-refractivity contribution < 1.29 is 0 Å². The fourth-order valence-corrected chi connectivity index (χ4v) is 7.14. The SMILES string of the molecule is CC(C)(C)c1cc(/C=C/c2ccc(-c3cccs3)s2)cc(/C=C/c2ccc(-c3cccs3)s2)c1. The van der Waals surface area contributed by atoms with Gasteiger partial charge in [0.05, 0.1) is 0 Å². The molecule has 0 amide bonds. The average Bonchev–Trinajstić information content (AvgIpc) is 3.62. The predicted octanol–water partition coefficient (Wildman–Crippen LogP) is 10.9. The molecule has 0 radical (unpaired) electrons. The van der Waals surface area contributed by atoms with Gasteiger partial charge in [0.25, 0.3) is 0 Å². The lowest BCUT2D eigenvalue weighted by Gasteiger charge is -2.20. The van der Waals surface area contributed by atoms with Crippen LogP contribution in [-0.4, -0.2) is 0 Å². The highest BCUT2D eigenvalue weighted by atomic mass is 32.1. The van der Waals surface area contributed by atoms with E-state index >= 15 is 0 Å². The van der Waals surface area contributed by atoms with Crippen molar-refractivity contribution in [3.8, 4) is 19.5 Å². The fraction of sp³-hybridized carbons (Fsp3) is 0.133. The van der Waals surface area contributed by atoms with Crippen LogP contribution in [0, 0.1) is 0 Å². The first-order valence-electron chi connectivity index (χ1n) is 11.2. The minimum absolute atomic E-state index is 0.0942. The lowest BCUT2D eigenvalue weighted by atomic mass is 9.85. The minimum atomic E-state index is 0.0942. The molecular weight excluding hydrogens is 489 g/mol. The van der Waals surface area contributed by atoms with Crippen LogP contribution in [0.3, 0.4) is 0 Å². The zero-order chi connectivity index (χ0) is 23.5. The molecule has 0 aliphatic heterocycles. The van der Waals surface area contributed by atoms with Crippen LogP contribution in [0.4, 0.5) is 0 Å². The van der Waals surface area contributed by atoms with Crippen molar-refractivity contribution in [2.24, 2.45) is 0 Å². The molecule has 0 spiro atoms. The molecule has 0 saturated carbocycles. The van der Waals surface area contributed by atoms with Crippen LogP contribution in [0.15, 0.2) is 77.5 Å². The topological polar surface area (TPSA) is 0 Å². The molecule has 0 aliphatic carbocycles. The zero-order valence-corrected chi connectivity index (χ0v) is 22.7. The summed E-state index contributed by atoms with van der Waals surface area (Å²) in [4.78, 5) is 7.90. The van der Waals surface area contributed by atoms with E-state index in [1.54, 1.807) is 22.7 Å². The van der Waals surface area contributed by atoms with E-state index in [0.717, 1.165) is 0 Å². The first-order chi connectivity index (χ1) is 16.4. The summed E-state index contributed by atoms with van der Waals surface area (Å²) in [5.41, 5.74) is 3.93. The zero-order valence-electron chi connectivity index (χ0n) is 19.4. The number of thiophene rings is 4. The highest BCUT2D eigenvalue weighted by Gasteiger charge is 2.14.